The minimum absolute atomic E-state index is 0.0679. The van der Waals surface area contributed by atoms with Crippen LogP contribution >= 0.6 is 0 Å². The number of rotatable bonds is 6. The standard InChI is InChI=1S/C21H19N5O3S/c1-3-12-25-13-14-26(15-25)21-20(22-18-6-4-5-7-19(18)23-21)24-30(27,28)17-10-8-16(29-2)9-11-17/h3-11,13-15H,1,12H2,2H3/p+1. The van der Waals surface area contributed by atoms with E-state index in [4.69, 9.17) is 4.74 Å². The molecule has 0 amide bonds. The smallest absolute Gasteiger partial charge is 0.272 e. The first-order valence-corrected chi connectivity index (χ1v) is 10.6. The maximum absolute atomic E-state index is 13.0. The third-order valence-electron chi connectivity index (χ3n) is 4.39. The van der Waals surface area contributed by atoms with Crippen molar-refractivity contribution in [1.29, 1.82) is 0 Å². The highest BCUT2D eigenvalue weighted by atomic mass is 32.2. The molecule has 0 aliphatic rings. The predicted molar refractivity (Wildman–Crippen MR) is 113 cm³/mol. The highest BCUT2D eigenvalue weighted by Crippen LogP contribution is 2.26. The van der Waals surface area contributed by atoms with Crippen LogP contribution in [0.3, 0.4) is 0 Å². The number of para-hydroxylation sites is 2. The van der Waals surface area contributed by atoms with Crippen molar-refractivity contribution in [3.05, 3.63) is 79.9 Å². The molecule has 9 heteroatoms. The van der Waals surface area contributed by atoms with Gasteiger partial charge < -0.3 is 4.74 Å². The largest absolute Gasteiger partial charge is 0.497 e. The Labute approximate surface area is 174 Å². The van der Waals surface area contributed by atoms with E-state index < -0.39 is 10.0 Å². The molecule has 0 fully saturated rings. The monoisotopic (exact) mass is 422 g/mol. The van der Waals surface area contributed by atoms with E-state index in [1.54, 1.807) is 41.4 Å². The Balaban J connectivity index is 1.90. The molecule has 2 aromatic heterocycles. The highest BCUT2D eigenvalue weighted by molar-refractivity contribution is 7.88. The molecule has 1 unspecified atom stereocenters. The van der Waals surface area contributed by atoms with Crippen LogP contribution in [0.1, 0.15) is 0 Å². The normalized spacial score (nSPS) is 13.0. The lowest BCUT2D eigenvalue weighted by Crippen LogP contribution is -2.29. The predicted octanol–water partition coefficient (Wildman–Crippen LogP) is 3.53. The Morgan fingerprint density at radius 3 is 2.57 bits per heavy atom. The van der Waals surface area contributed by atoms with Gasteiger partial charge >= 0.3 is 0 Å². The topological polar surface area (TPSA) is 93.5 Å². The van der Waals surface area contributed by atoms with Crippen molar-refractivity contribution in [2.45, 2.75) is 11.4 Å². The van der Waals surface area contributed by atoms with Gasteiger partial charge in [0, 0.05) is 0 Å². The maximum Gasteiger partial charge on any atom is 0.272 e. The molecular formula is C21H20N5O3S+. The molecule has 0 aliphatic heterocycles. The van der Waals surface area contributed by atoms with E-state index in [1.165, 1.54) is 19.2 Å². The van der Waals surface area contributed by atoms with Crippen LogP contribution in [0.25, 0.3) is 16.9 Å². The summed E-state index contributed by atoms with van der Waals surface area (Å²) in [5, 5.41) is 0. The second-order valence-corrected chi connectivity index (χ2v) is 8.08. The van der Waals surface area contributed by atoms with Crippen molar-refractivity contribution in [2.75, 3.05) is 7.11 Å². The van der Waals surface area contributed by atoms with Crippen molar-refractivity contribution in [3.63, 3.8) is 0 Å². The van der Waals surface area contributed by atoms with Crippen LogP contribution < -0.4 is 9.30 Å². The minimum Gasteiger partial charge on any atom is -0.497 e. The van der Waals surface area contributed by atoms with E-state index >= 15 is 0 Å². The maximum atomic E-state index is 13.0. The quantitative estimate of drug-likeness (QED) is 0.379. The lowest BCUT2D eigenvalue weighted by molar-refractivity contribution is -0.686. The van der Waals surface area contributed by atoms with Crippen LogP contribution in [0.15, 0.2) is 89.2 Å². The number of benzene rings is 2. The van der Waals surface area contributed by atoms with Gasteiger partial charge in [0.2, 0.25) is 5.82 Å². The molecule has 8 nitrogen and oxygen atoms in total. The number of hydrogen-bond acceptors (Lipinski definition) is 5. The summed E-state index contributed by atoms with van der Waals surface area (Å²) >= 11 is 0. The summed E-state index contributed by atoms with van der Waals surface area (Å²) in [6, 6.07) is 13.5. The molecule has 0 saturated heterocycles. The van der Waals surface area contributed by atoms with Gasteiger partial charge in [-0.05, 0) is 36.4 Å². The molecule has 2 aromatic carbocycles. The minimum atomic E-state index is -3.76. The molecule has 0 bridgehead atoms. The number of ether oxygens (including phenoxy) is 1. The van der Waals surface area contributed by atoms with Crippen molar-refractivity contribution < 1.29 is 18.1 Å². The van der Waals surface area contributed by atoms with Crippen LogP contribution in [0.5, 0.6) is 5.75 Å². The number of aromatic nitrogens is 4. The lowest BCUT2D eigenvalue weighted by Gasteiger charge is -2.07. The molecule has 4 aromatic rings. The summed E-state index contributed by atoms with van der Waals surface area (Å²) in [5.41, 5.74) is 1.24. The average Bonchev–Trinajstić information content (AvgIpc) is 3.22. The number of hydrogen-bond donors (Lipinski definition) is 1. The Kier molecular flexibility index (Phi) is 5.30. The van der Waals surface area contributed by atoms with Crippen molar-refractivity contribution in [3.8, 4) is 11.6 Å². The van der Waals surface area contributed by atoms with Crippen LogP contribution in [0.4, 0.5) is 5.82 Å². The summed E-state index contributed by atoms with van der Waals surface area (Å²) in [7, 11) is -2.23. The van der Waals surface area contributed by atoms with Gasteiger partial charge in [0.1, 0.15) is 24.7 Å². The van der Waals surface area contributed by atoms with E-state index in [2.05, 4.69) is 20.9 Å². The Morgan fingerprint density at radius 2 is 1.90 bits per heavy atom. The van der Waals surface area contributed by atoms with E-state index in [0.29, 0.717) is 29.1 Å². The Morgan fingerprint density at radius 1 is 1.20 bits per heavy atom. The summed E-state index contributed by atoms with van der Waals surface area (Å²) in [4.78, 5) is 9.29. The van der Waals surface area contributed by atoms with Gasteiger partial charge in [0.25, 0.3) is 12.1 Å². The summed E-state index contributed by atoms with van der Waals surface area (Å²) in [6.07, 6.45) is 7.20. The van der Waals surface area contributed by atoms with Gasteiger partial charge in [-0.3, -0.25) is 4.55 Å². The van der Waals surface area contributed by atoms with Crippen LogP contribution in [0.2, 0.25) is 0 Å². The summed E-state index contributed by atoms with van der Waals surface area (Å²) in [6.45, 7) is 4.35. The fourth-order valence-corrected chi connectivity index (χ4v) is 3.87. The summed E-state index contributed by atoms with van der Waals surface area (Å²) in [5.74, 6) is 1.00. The zero-order chi connectivity index (χ0) is 21.1. The molecule has 1 atom stereocenters. The molecule has 0 spiro atoms. The van der Waals surface area contributed by atoms with Crippen LogP contribution in [-0.4, -0.2) is 30.4 Å². The van der Waals surface area contributed by atoms with Crippen LogP contribution in [0, 0.1) is 0 Å². The molecular weight excluding hydrogens is 402 g/mol. The third-order valence-corrected chi connectivity index (χ3v) is 5.69. The molecule has 30 heavy (non-hydrogen) atoms. The Hall–Kier alpha value is -3.56. The van der Waals surface area contributed by atoms with E-state index in [1.807, 2.05) is 29.0 Å². The molecule has 2 heterocycles. The molecule has 152 valence electrons. The SMILES string of the molecule is C=CC[n+]1ccn(-c2nc3ccccc3nc2N=S(=O)(O)c2ccc(OC)cc2)c1. The Bertz CT molecular complexity index is 1340. The zero-order valence-electron chi connectivity index (χ0n) is 16.3. The highest BCUT2D eigenvalue weighted by Gasteiger charge is 2.19. The number of fused-ring (bicyclic) bond motifs is 1. The fourth-order valence-electron chi connectivity index (χ4n) is 2.92. The number of methoxy groups -OCH3 is 1. The number of allylic oxidation sites excluding steroid dienone is 1. The second-order valence-electron chi connectivity index (χ2n) is 6.43. The molecule has 4 rings (SSSR count). The van der Waals surface area contributed by atoms with Gasteiger partial charge in [-0.15, -0.1) is 4.36 Å². The van der Waals surface area contributed by atoms with E-state index in [9.17, 15) is 8.76 Å². The summed E-state index contributed by atoms with van der Waals surface area (Å²) < 4.78 is 36.5. The first-order valence-electron chi connectivity index (χ1n) is 9.09. The van der Waals surface area contributed by atoms with Crippen LogP contribution in [-0.2, 0) is 16.6 Å². The van der Waals surface area contributed by atoms with Crippen molar-refractivity contribution >= 4 is 26.9 Å². The zero-order valence-corrected chi connectivity index (χ0v) is 17.1. The molecule has 0 aliphatic carbocycles. The van der Waals surface area contributed by atoms with E-state index in [-0.39, 0.29) is 10.7 Å². The van der Waals surface area contributed by atoms with Gasteiger partial charge in [-0.2, -0.15) is 4.57 Å². The third kappa shape index (κ3) is 3.93. The molecule has 0 radical (unpaired) electrons. The number of nitrogens with zero attached hydrogens (tertiary/aromatic N) is 5. The van der Waals surface area contributed by atoms with Gasteiger partial charge in [-0.1, -0.05) is 24.8 Å². The fraction of sp³-hybridized carbons (Fsp3) is 0.0952. The number of imidazole rings is 1. The van der Waals surface area contributed by atoms with Crippen molar-refractivity contribution in [1.82, 2.24) is 14.5 Å². The van der Waals surface area contributed by atoms with Gasteiger partial charge in [0.15, 0.2) is 10.0 Å². The van der Waals surface area contributed by atoms with Gasteiger partial charge in [0.05, 0.1) is 23.0 Å². The first-order chi connectivity index (χ1) is 14.5. The van der Waals surface area contributed by atoms with Gasteiger partial charge in [-0.25, -0.2) is 18.7 Å². The second kappa shape index (κ2) is 8.05. The lowest BCUT2D eigenvalue weighted by atomic mass is 10.3. The van der Waals surface area contributed by atoms with Crippen molar-refractivity contribution in [2.24, 2.45) is 4.36 Å². The average molecular weight is 422 g/mol. The molecule has 1 N–H and O–H groups in total. The molecule has 0 saturated carbocycles. The van der Waals surface area contributed by atoms with E-state index in [0.717, 1.165) is 0 Å². The first kappa shape index (κ1) is 19.7.